The summed E-state index contributed by atoms with van der Waals surface area (Å²) in [5.74, 6) is 6.85. The first-order valence-corrected chi connectivity index (χ1v) is 3.73. The SMILES string of the molecule is C#CCOc1ncnc(NN)c1[N+](=O)[O-]. The largest absolute Gasteiger partial charge is 0.459 e. The van der Waals surface area contributed by atoms with Crippen LogP contribution in [0.1, 0.15) is 0 Å². The van der Waals surface area contributed by atoms with Crippen molar-refractivity contribution in [2.45, 2.75) is 0 Å². The molecule has 15 heavy (non-hydrogen) atoms. The van der Waals surface area contributed by atoms with Gasteiger partial charge in [-0.25, -0.2) is 10.8 Å². The van der Waals surface area contributed by atoms with Crippen molar-refractivity contribution in [1.82, 2.24) is 9.97 Å². The fourth-order valence-electron chi connectivity index (χ4n) is 0.848. The summed E-state index contributed by atoms with van der Waals surface area (Å²) in [6.45, 7) is -0.123. The van der Waals surface area contributed by atoms with Crippen LogP contribution in [0.4, 0.5) is 11.5 Å². The van der Waals surface area contributed by atoms with E-state index in [-0.39, 0.29) is 18.3 Å². The third-order valence-corrected chi connectivity index (χ3v) is 1.40. The van der Waals surface area contributed by atoms with Crippen molar-refractivity contribution >= 4 is 11.5 Å². The van der Waals surface area contributed by atoms with Crippen LogP contribution < -0.4 is 16.0 Å². The molecule has 0 spiro atoms. The highest BCUT2D eigenvalue weighted by Crippen LogP contribution is 2.29. The van der Waals surface area contributed by atoms with Crippen molar-refractivity contribution in [2.24, 2.45) is 5.84 Å². The number of nitro groups is 1. The molecule has 0 saturated carbocycles. The van der Waals surface area contributed by atoms with E-state index in [0.29, 0.717) is 0 Å². The van der Waals surface area contributed by atoms with Crippen molar-refractivity contribution in [1.29, 1.82) is 0 Å². The number of nitrogen functional groups attached to an aromatic ring is 1. The van der Waals surface area contributed by atoms with Crippen LogP contribution >= 0.6 is 0 Å². The predicted molar refractivity (Wildman–Crippen MR) is 50.8 cm³/mol. The van der Waals surface area contributed by atoms with Crippen molar-refractivity contribution < 1.29 is 9.66 Å². The average molecular weight is 209 g/mol. The van der Waals surface area contributed by atoms with Gasteiger partial charge in [-0.15, -0.1) is 6.42 Å². The number of rotatable bonds is 4. The predicted octanol–water partition coefficient (Wildman–Crippen LogP) is -0.318. The minimum Gasteiger partial charge on any atom is -0.459 e. The molecule has 0 radical (unpaired) electrons. The molecule has 8 heteroatoms. The van der Waals surface area contributed by atoms with E-state index in [1.165, 1.54) is 0 Å². The van der Waals surface area contributed by atoms with E-state index in [1.807, 2.05) is 0 Å². The number of hydrogen-bond donors (Lipinski definition) is 2. The Balaban J connectivity index is 3.14. The smallest absolute Gasteiger partial charge is 0.374 e. The minimum absolute atomic E-state index is 0.123. The van der Waals surface area contributed by atoms with E-state index in [1.54, 1.807) is 0 Å². The van der Waals surface area contributed by atoms with Crippen molar-refractivity contribution in [3.63, 3.8) is 0 Å². The zero-order valence-corrected chi connectivity index (χ0v) is 7.51. The Hall–Kier alpha value is -2.40. The maximum atomic E-state index is 10.7. The summed E-state index contributed by atoms with van der Waals surface area (Å²) in [4.78, 5) is 17.1. The Labute approximate surface area is 84.6 Å². The van der Waals surface area contributed by atoms with Gasteiger partial charge in [-0.3, -0.25) is 10.1 Å². The number of anilines is 1. The molecule has 1 aromatic heterocycles. The molecule has 0 unspecified atom stereocenters. The van der Waals surface area contributed by atoms with Gasteiger partial charge in [0.15, 0.2) is 6.61 Å². The van der Waals surface area contributed by atoms with E-state index in [2.05, 4.69) is 21.3 Å². The second-order valence-electron chi connectivity index (χ2n) is 2.27. The number of nitrogens with two attached hydrogens (primary N) is 1. The highest BCUT2D eigenvalue weighted by Gasteiger charge is 2.23. The fraction of sp³-hybridized carbons (Fsp3) is 0.143. The monoisotopic (exact) mass is 209 g/mol. The molecule has 3 N–H and O–H groups in total. The lowest BCUT2D eigenvalue weighted by atomic mass is 10.4. The average Bonchev–Trinajstić information content (AvgIpc) is 2.25. The number of terminal acetylenes is 1. The van der Waals surface area contributed by atoms with Crippen LogP contribution in [0.3, 0.4) is 0 Å². The zero-order chi connectivity index (χ0) is 11.3. The number of nitrogens with one attached hydrogen (secondary N) is 1. The second kappa shape index (κ2) is 4.73. The molecule has 8 nitrogen and oxygen atoms in total. The van der Waals surface area contributed by atoms with Crippen LogP contribution in [0.25, 0.3) is 0 Å². The molecule has 0 atom stereocenters. The van der Waals surface area contributed by atoms with Gasteiger partial charge in [0, 0.05) is 0 Å². The third-order valence-electron chi connectivity index (χ3n) is 1.40. The summed E-state index contributed by atoms with van der Waals surface area (Å²) < 4.78 is 4.87. The van der Waals surface area contributed by atoms with E-state index in [9.17, 15) is 10.1 Å². The summed E-state index contributed by atoms with van der Waals surface area (Å²) >= 11 is 0. The van der Waals surface area contributed by atoms with Crippen LogP contribution in [0.5, 0.6) is 5.88 Å². The first-order chi connectivity index (χ1) is 7.20. The second-order valence-corrected chi connectivity index (χ2v) is 2.27. The first kappa shape index (κ1) is 10.7. The van der Waals surface area contributed by atoms with Gasteiger partial charge in [0.1, 0.15) is 6.33 Å². The van der Waals surface area contributed by atoms with Gasteiger partial charge in [-0.2, -0.15) is 4.98 Å². The fourth-order valence-corrected chi connectivity index (χ4v) is 0.848. The Morgan fingerprint density at radius 1 is 1.73 bits per heavy atom. The van der Waals surface area contributed by atoms with Gasteiger partial charge in [0.2, 0.25) is 5.82 Å². The molecule has 1 aromatic rings. The van der Waals surface area contributed by atoms with Crippen molar-refractivity contribution in [2.75, 3.05) is 12.0 Å². The molecule has 0 saturated heterocycles. The highest BCUT2D eigenvalue weighted by molar-refractivity contribution is 5.60. The van der Waals surface area contributed by atoms with Gasteiger partial charge < -0.3 is 10.2 Å². The van der Waals surface area contributed by atoms with Gasteiger partial charge in [0.05, 0.1) is 4.92 Å². The van der Waals surface area contributed by atoms with Crippen molar-refractivity contribution in [3.05, 3.63) is 16.4 Å². The standard InChI is InChI=1S/C7H7N5O3/c1-2-3-15-7-5(12(13)14)6(11-8)9-4-10-7/h1,4H,3,8H2,(H,9,10,11). The first-order valence-electron chi connectivity index (χ1n) is 3.73. The number of ether oxygens (including phenoxy) is 1. The molecular formula is C7H7N5O3. The van der Waals surface area contributed by atoms with Crippen LogP contribution in [-0.4, -0.2) is 21.5 Å². The molecule has 0 fully saturated rings. The number of hydrazine groups is 1. The molecule has 78 valence electrons. The van der Waals surface area contributed by atoms with Crippen LogP contribution in [0.15, 0.2) is 6.33 Å². The molecule has 0 aromatic carbocycles. The van der Waals surface area contributed by atoms with E-state index < -0.39 is 10.6 Å². The Morgan fingerprint density at radius 3 is 3.00 bits per heavy atom. The highest BCUT2D eigenvalue weighted by atomic mass is 16.6. The Kier molecular flexibility index (Phi) is 3.37. The van der Waals surface area contributed by atoms with Crippen LogP contribution in [0.2, 0.25) is 0 Å². The molecule has 0 aliphatic heterocycles. The molecule has 0 bridgehead atoms. The van der Waals surface area contributed by atoms with E-state index in [0.717, 1.165) is 6.33 Å². The van der Waals surface area contributed by atoms with Gasteiger partial charge in [-0.05, 0) is 0 Å². The van der Waals surface area contributed by atoms with Gasteiger partial charge in [-0.1, -0.05) is 5.92 Å². The number of aromatic nitrogens is 2. The third kappa shape index (κ3) is 2.29. The lowest BCUT2D eigenvalue weighted by Gasteiger charge is -2.04. The van der Waals surface area contributed by atoms with E-state index >= 15 is 0 Å². The summed E-state index contributed by atoms with van der Waals surface area (Å²) in [5.41, 5.74) is 1.62. The lowest BCUT2D eigenvalue weighted by molar-refractivity contribution is -0.385. The zero-order valence-electron chi connectivity index (χ0n) is 7.51. The van der Waals surface area contributed by atoms with Crippen molar-refractivity contribution in [3.8, 4) is 18.2 Å². The molecule has 1 heterocycles. The molecule has 0 aliphatic carbocycles. The van der Waals surface area contributed by atoms with Crippen LogP contribution in [-0.2, 0) is 0 Å². The van der Waals surface area contributed by atoms with Gasteiger partial charge in [0.25, 0.3) is 0 Å². The molecule has 0 aliphatic rings. The maximum Gasteiger partial charge on any atom is 0.374 e. The topological polar surface area (TPSA) is 116 Å². The Morgan fingerprint density at radius 2 is 2.47 bits per heavy atom. The molecular weight excluding hydrogens is 202 g/mol. The van der Waals surface area contributed by atoms with Crippen LogP contribution in [0, 0.1) is 22.5 Å². The maximum absolute atomic E-state index is 10.7. The number of hydrogen-bond acceptors (Lipinski definition) is 7. The number of nitrogens with zero attached hydrogens (tertiary/aromatic N) is 3. The summed E-state index contributed by atoms with van der Waals surface area (Å²) in [6.07, 6.45) is 6.02. The minimum atomic E-state index is -0.707. The quantitative estimate of drug-likeness (QED) is 0.302. The normalized spacial score (nSPS) is 9.07. The van der Waals surface area contributed by atoms with Gasteiger partial charge >= 0.3 is 11.6 Å². The van der Waals surface area contributed by atoms with E-state index in [4.69, 9.17) is 17.0 Å². The molecule has 1 rings (SSSR count). The Bertz CT molecular complexity index is 414. The molecule has 0 amide bonds. The summed E-state index contributed by atoms with van der Waals surface area (Å²) in [6, 6.07) is 0. The summed E-state index contributed by atoms with van der Waals surface area (Å²) in [7, 11) is 0. The summed E-state index contributed by atoms with van der Waals surface area (Å²) in [5, 5.41) is 10.7. The lowest BCUT2D eigenvalue weighted by Crippen LogP contribution is -2.12.